The fourth-order valence-electron chi connectivity index (χ4n) is 2.61. The summed E-state index contributed by atoms with van der Waals surface area (Å²) in [5.41, 5.74) is 0. The summed E-state index contributed by atoms with van der Waals surface area (Å²) in [4.78, 5) is 15.7. The van der Waals surface area contributed by atoms with Crippen molar-refractivity contribution in [1.82, 2.24) is 10.2 Å². The number of benzene rings is 1. The van der Waals surface area contributed by atoms with Crippen LogP contribution >= 0.6 is 27.3 Å². The molecule has 0 saturated carbocycles. The summed E-state index contributed by atoms with van der Waals surface area (Å²) < 4.78 is 31.4. The highest BCUT2D eigenvalue weighted by molar-refractivity contribution is 9.10. The van der Waals surface area contributed by atoms with E-state index in [-0.39, 0.29) is 21.8 Å². The first-order valence-electron chi connectivity index (χ1n) is 8.37. The van der Waals surface area contributed by atoms with Gasteiger partial charge in [0.2, 0.25) is 14.9 Å². The molecule has 2 heterocycles. The van der Waals surface area contributed by atoms with Crippen molar-refractivity contribution < 1.29 is 17.6 Å². The molecule has 3 rings (SSSR count). The second kappa shape index (κ2) is 8.60. The monoisotopic (exact) mass is 482 g/mol. The molecule has 6 nitrogen and oxygen atoms in total. The lowest BCUT2D eigenvalue weighted by molar-refractivity contribution is 0.0909. The molecule has 1 atom stereocenters. The number of thiophene rings is 1. The minimum atomic E-state index is -3.82. The van der Waals surface area contributed by atoms with Crippen LogP contribution in [0.1, 0.15) is 21.5 Å². The Bertz CT molecular complexity index is 1040. The lowest BCUT2D eigenvalue weighted by Crippen LogP contribution is -2.34. The normalized spacial score (nSPS) is 12.9. The molecule has 0 aliphatic rings. The van der Waals surface area contributed by atoms with Crippen LogP contribution in [0.2, 0.25) is 0 Å². The lowest BCUT2D eigenvalue weighted by Gasteiger charge is -2.23. The third kappa shape index (κ3) is 4.54. The van der Waals surface area contributed by atoms with Gasteiger partial charge in [-0.05, 0) is 61.9 Å². The van der Waals surface area contributed by atoms with Crippen LogP contribution in [0.15, 0.2) is 72.8 Å². The number of carbonyl (C=O) groups excluding carboxylic acids is 1. The van der Waals surface area contributed by atoms with E-state index in [4.69, 9.17) is 4.42 Å². The standard InChI is InChI=1S/C19H19BrN2O4S2/c1-22(2)15(17-4-3-11-27-17)12-21-19(23)16-9-10-18(26-16)28(24,25)14-7-5-13(20)6-8-14/h3-11,15H,12H2,1-2H3,(H,21,23). The van der Waals surface area contributed by atoms with E-state index in [2.05, 4.69) is 21.2 Å². The molecular formula is C19H19BrN2O4S2. The number of carbonyl (C=O) groups is 1. The highest BCUT2D eigenvalue weighted by Gasteiger charge is 2.24. The Morgan fingerprint density at radius 2 is 1.89 bits per heavy atom. The second-order valence-electron chi connectivity index (χ2n) is 6.28. The number of likely N-dealkylation sites (N-methyl/N-ethyl adjacent to an activating group) is 1. The van der Waals surface area contributed by atoms with Crippen molar-refractivity contribution in [2.45, 2.75) is 16.0 Å². The Balaban J connectivity index is 1.72. The van der Waals surface area contributed by atoms with Crippen molar-refractivity contribution in [2.24, 2.45) is 0 Å². The molecule has 148 valence electrons. The Morgan fingerprint density at radius 1 is 1.18 bits per heavy atom. The molecule has 28 heavy (non-hydrogen) atoms. The van der Waals surface area contributed by atoms with Crippen molar-refractivity contribution in [2.75, 3.05) is 20.6 Å². The topological polar surface area (TPSA) is 79.6 Å². The number of nitrogens with one attached hydrogen (secondary N) is 1. The average Bonchev–Trinajstić information content (AvgIpc) is 3.34. The number of hydrogen-bond donors (Lipinski definition) is 1. The minimum Gasteiger partial charge on any atom is -0.439 e. The maximum atomic E-state index is 12.6. The Kier molecular flexibility index (Phi) is 6.39. The summed E-state index contributed by atoms with van der Waals surface area (Å²) in [5.74, 6) is -0.500. The van der Waals surface area contributed by atoms with Gasteiger partial charge in [0.15, 0.2) is 5.76 Å². The molecule has 0 fully saturated rings. The lowest BCUT2D eigenvalue weighted by atomic mass is 10.2. The SMILES string of the molecule is CN(C)C(CNC(=O)c1ccc(S(=O)(=O)c2ccc(Br)cc2)o1)c1cccs1. The fourth-order valence-corrected chi connectivity index (χ4v) is 4.97. The summed E-state index contributed by atoms with van der Waals surface area (Å²) in [6, 6.07) is 12.9. The molecule has 0 aliphatic heterocycles. The van der Waals surface area contributed by atoms with Crippen LogP contribution in [0.4, 0.5) is 0 Å². The number of hydrogen-bond acceptors (Lipinski definition) is 6. The van der Waals surface area contributed by atoms with Gasteiger partial charge in [-0.15, -0.1) is 11.3 Å². The summed E-state index contributed by atoms with van der Waals surface area (Å²) in [6.07, 6.45) is 0. The second-order valence-corrected chi connectivity index (χ2v) is 10.1. The molecule has 1 unspecified atom stereocenters. The smallest absolute Gasteiger partial charge is 0.287 e. The zero-order valence-corrected chi connectivity index (χ0v) is 18.5. The minimum absolute atomic E-state index is 0.0184. The van der Waals surface area contributed by atoms with Gasteiger partial charge in [-0.3, -0.25) is 4.79 Å². The fraction of sp³-hybridized carbons (Fsp3) is 0.211. The number of furan rings is 1. The van der Waals surface area contributed by atoms with Gasteiger partial charge in [0.1, 0.15) is 0 Å². The molecule has 0 aliphatic carbocycles. The van der Waals surface area contributed by atoms with Crippen molar-refractivity contribution in [3.8, 4) is 0 Å². The molecule has 0 bridgehead atoms. The van der Waals surface area contributed by atoms with E-state index in [0.29, 0.717) is 6.54 Å². The first-order chi connectivity index (χ1) is 13.3. The van der Waals surface area contributed by atoms with Gasteiger partial charge in [0.25, 0.3) is 5.91 Å². The summed E-state index contributed by atoms with van der Waals surface area (Å²) in [7, 11) is 0.0510. The van der Waals surface area contributed by atoms with Crippen molar-refractivity contribution in [3.05, 3.63) is 69.0 Å². The number of rotatable bonds is 7. The maximum absolute atomic E-state index is 12.6. The Hall–Kier alpha value is -1.94. The molecule has 1 amide bonds. The predicted octanol–water partition coefficient (Wildman–Crippen LogP) is 3.97. The van der Waals surface area contributed by atoms with E-state index < -0.39 is 15.7 Å². The Morgan fingerprint density at radius 3 is 2.50 bits per heavy atom. The van der Waals surface area contributed by atoms with E-state index in [9.17, 15) is 13.2 Å². The van der Waals surface area contributed by atoms with Crippen LogP contribution in [0.3, 0.4) is 0 Å². The van der Waals surface area contributed by atoms with E-state index in [0.717, 1.165) is 9.35 Å². The molecule has 0 spiro atoms. The van der Waals surface area contributed by atoms with Gasteiger partial charge in [-0.25, -0.2) is 8.42 Å². The summed E-state index contributed by atoms with van der Waals surface area (Å²) in [6.45, 7) is 0.377. The zero-order valence-electron chi connectivity index (χ0n) is 15.3. The van der Waals surface area contributed by atoms with Crippen molar-refractivity contribution >= 4 is 43.0 Å². The van der Waals surface area contributed by atoms with Crippen LogP contribution in [0.5, 0.6) is 0 Å². The van der Waals surface area contributed by atoms with E-state index in [1.807, 2.05) is 36.5 Å². The number of nitrogens with zero attached hydrogens (tertiary/aromatic N) is 1. The highest BCUT2D eigenvalue weighted by atomic mass is 79.9. The average molecular weight is 483 g/mol. The summed E-state index contributed by atoms with van der Waals surface area (Å²) >= 11 is 4.88. The van der Waals surface area contributed by atoms with Gasteiger partial charge in [-0.1, -0.05) is 22.0 Å². The largest absolute Gasteiger partial charge is 0.439 e. The molecule has 9 heteroatoms. The number of amides is 1. The van der Waals surface area contributed by atoms with Gasteiger partial charge < -0.3 is 14.6 Å². The number of halogens is 1. The van der Waals surface area contributed by atoms with Gasteiger partial charge in [0, 0.05) is 15.9 Å². The third-order valence-electron chi connectivity index (χ3n) is 4.14. The van der Waals surface area contributed by atoms with Gasteiger partial charge >= 0.3 is 0 Å². The predicted molar refractivity (Wildman–Crippen MR) is 111 cm³/mol. The van der Waals surface area contributed by atoms with Crippen LogP contribution in [0.25, 0.3) is 0 Å². The highest BCUT2D eigenvalue weighted by Crippen LogP contribution is 2.25. The summed E-state index contributed by atoms with van der Waals surface area (Å²) in [5, 5.41) is 4.54. The first-order valence-corrected chi connectivity index (χ1v) is 11.5. The molecule has 3 aromatic rings. The van der Waals surface area contributed by atoms with Crippen molar-refractivity contribution in [3.63, 3.8) is 0 Å². The molecule has 1 aromatic carbocycles. The quantitative estimate of drug-likeness (QED) is 0.550. The van der Waals surface area contributed by atoms with Gasteiger partial charge in [0.05, 0.1) is 10.9 Å². The third-order valence-corrected chi connectivity index (χ3v) is 7.29. The molecule has 1 N–H and O–H groups in total. The van der Waals surface area contributed by atoms with Crippen LogP contribution in [-0.2, 0) is 9.84 Å². The van der Waals surface area contributed by atoms with Crippen LogP contribution in [0, 0.1) is 0 Å². The molecule has 0 radical (unpaired) electrons. The Labute approximate surface area is 176 Å². The van der Waals surface area contributed by atoms with E-state index >= 15 is 0 Å². The molecule has 0 saturated heterocycles. The molecular weight excluding hydrogens is 464 g/mol. The molecule has 2 aromatic heterocycles. The van der Waals surface area contributed by atoms with E-state index in [1.54, 1.807) is 23.5 Å². The zero-order chi connectivity index (χ0) is 20.3. The van der Waals surface area contributed by atoms with Crippen molar-refractivity contribution in [1.29, 1.82) is 0 Å². The van der Waals surface area contributed by atoms with Crippen LogP contribution in [-0.4, -0.2) is 39.9 Å². The maximum Gasteiger partial charge on any atom is 0.287 e. The van der Waals surface area contributed by atoms with E-state index in [1.165, 1.54) is 24.3 Å². The van der Waals surface area contributed by atoms with Crippen LogP contribution < -0.4 is 5.32 Å². The number of sulfone groups is 1. The van der Waals surface area contributed by atoms with Gasteiger partial charge in [-0.2, -0.15) is 0 Å². The first kappa shape index (κ1) is 20.8.